The van der Waals surface area contributed by atoms with E-state index in [1.807, 2.05) is 19.9 Å². The summed E-state index contributed by atoms with van der Waals surface area (Å²) in [6.07, 6.45) is 0. The van der Waals surface area contributed by atoms with Crippen LogP contribution in [0.3, 0.4) is 0 Å². The van der Waals surface area contributed by atoms with Crippen molar-refractivity contribution >= 4 is 17.5 Å². The van der Waals surface area contributed by atoms with Gasteiger partial charge in [-0.1, -0.05) is 6.07 Å². The molecule has 0 saturated heterocycles. The highest BCUT2D eigenvalue weighted by molar-refractivity contribution is 5.90. The number of nitrogens with one attached hydrogen (secondary N) is 1. The Morgan fingerprint density at radius 2 is 1.95 bits per heavy atom. The van der Waals surface area contributed by atoms with Crippen molar-refractivity contribution < 1.29 is 9.53 Å². The van der Waals surface area contributed by atoms with E-state index >= 15 is 0 Å². The van der Waals surface area contributed by atoms with E-state index in [2.05, 4.69) is 15.3 Å². The predicted molar refractivity (Wildman–Crippen MR) is 76.5 cm³/mol. The molecule has 6 nitrogen and oxygen atoms in total. The van der Waals surface area contributed by atoms with Crippen LogP contribution in [0.2, 0.25) is 0 Å². The second kappa shape index (κ2) is 6.01. The van der Waals surface area contributed by atoms with Gasteiger partial charge in [0.15, 0.2) is 6.61 Å². The maximum absolute atomic E-state index is 11.7. The summed E-state index contributed by atoms with van der Waals surface area (Å²) < 4.78 is 5.33. The first kappa shape index (κ1) is 13.8. The minimum absolute atomic E-state index is 0.125. The van der Waals surface area contributed by atoms with E-state index in [0.29, 0.717) is 11.4 Å². The zero-order valence-electron chi connectivity index (χ0n) is 11.4. The highest BCUT2D eigenvalue weighted by atomic mass is 16.5. The number of amides is 1. The van der Waals surface area contributed by atoms with Crippen LogP contribution in [0.4, 0.5) is 11.6 Å². The van der Waals surface area contributed by atoms with Gasteiger partial charge in [-0.25, -0.2) is 9.97 Å². The van der Waals surface area contributed by atoms with Crippen molar-refractivity contribution in [3.8, 4) is 5.75 Å². The molecule has 104 valence electrons. The first-order valence-electron chi connectivity index (χ1n) is 6.13. The molecule has 0 fully saturated rings. The standard InChI is InChI=1S/C14H16N4O2/c1-9-6-10(2)17-14(16-9)18-13(19)8-20-12-5-3-4-11(15)7-12/h3-7H,8,15H2,1-2H3,(H,16,17,18,19). The van der Waals surface area contributed by atoms with E-state index < -0.39 is 0 Å². The minimum Gasteiger partial charge on any atom is -0.484 e. The molecule has 0 unspecified atom stereocenters. The van der Waals surface area contributed by atoms with Crippen LogP contribution >= 0.6 is 0 Å². The molecule has 0 radical (unpaired) electrons. The normalized spacial score (nSPS) is 10.1. The summed E-state index contributed by atoms with van der Waals surface area (Å²) in [4.78, 5) is 20.0. The lowest BCUT2D eigenvalue weighted by Crippen LogP contribution is -2.21. The molecule has 2 rings (SSSR count). The third-order valence-electron chi connectivity index (χ3n) is 2.46. The van der Waals surface area contributed by atoms with Gasteiger partial charge < -0.3 is 10.5 Å². The van der Waals surface area contributed by atoms with E-state index in [9.17, 15) is 4.79 Å². The Hall–Kier alpha value is -2.63. The van der Waals surface area contributed by atoms with Crippen LogP contribution in [0.5, 0.6) is 5.75 Å². The molecule has 3 N–H and O–H groups in total. The fourth-order valence-electron chi connectivity index (χ4n) is 1.70. The number of benzene rings is 1. The summed E-state index contributed by atoms with van der Waals surface area (Å²) in [6, 6.07) is 8.72. The molecule has 0 atom stereocenters. The van der Waals surface area contributed by atoms with Gasteiger partial charge >= 0.3 is 0 Å². The molecule has 1 amide bonds. The number of nitrogens with two attached hydrogens (primary N) is 1. The van der Waals surface area contributed by atoms with Gasteiger partial charge in [0.2, 0.25) is 5.95 Å². The predicted octanol–water partition coefficient (Wildman–Crippen LogP) is 1.69. The largest absolute Gasteiger partial charge is 0.484 e. The Labute approximate surface area is 117 Å². The van der Waals surface area contributed by atoms with E-state index in [1.54, 1.807) is 24.3 Å². The number of hydrogen-bond donors (Lipinski definition) is 2. The van der Waals surface area contributed by atoms with Gasteiger partial charge in [-0.2, -0.15) is 0 Å². The first-order valence-corrected chi connectivity index (χ1v) is 6.13. The SMILES string of the molecule is Cc1cc(C)nc(NC(=O)COc2cccc(N)c2)n1. The highest BCUT2D eigenvalue weighted by Gasteiger charge is 2.07. The smallest absolute Gasteiger partial charge is 0.264 e. The number of anilines is 2. The molecule has 0 spiro atoms. The fourth-order valence-corrected chi connectivity index (χ4v) is 1.70. The van der Waals surface area contributed by atoms with Gasteiger partial charge in [0.25, 0.3) is 5.91 Å². The number of aromatic nitrogens is 2. The molecule has 2 aromatic rings. The number of carbonyl (C=O) groups is 1. The van der Waals surface area contributed by atoms with Gasteiger partial charge in [-0.05, 0) is 32.0 Å². The monoisotopic (exact) mass is 272 g/mol. The molecular formula is C14H16N4O2. The number of aryl methyl sites for hydroxylation is 2. The number of ether oxygens (including phenoxy) is 1. The van der Waals surface area contributed by atoms with Gasteiger partial charge in [-0.15, -0.1) is 0 Å². The van der Waals surface area contributed by atoms with Crippen LogP contribution in [-0.2, 0) is 4.79 Å². The maximum atomic E-state index is 11.7. The second-order valence-electron chi connectivity index (χ2n) is 4.38. The molecular weight excluding hydrogens is 256 g/mol. The molecule has 1 aromatic carbocycles. The summed E-state index contributed by atoms with van der Waals surface area (Å²) in [5.74, 6) is 0.502. The van der Waals surface area contributed by atoms with Gasteiger partial charge in [-0.3, -0.25) is 10.1 Å². The average molecular weight is 272 g/mol. The first-order chi connectivity index (χ1) is 9.52. The van der Waals surface area contributed by atoms with Crippen LogP contribution < -0.4 is 15.8 Å². The molecule has 0 aliphatic rings. The Kier molecular flexibility index (Phi) is 4.14. The maximum Gasteiger partial charge on any atom is 0.264 e. The molecule has 0 saturated carbocycles. The number of nitrogen functional groups attached to an aromatic ring is 1. The molecule has 1 aromatic heterocycles. The van der Waals surface area contributed by atoms with Crippen LogP contribution in [0.15, 0.2) is 30.3 Å². The molecule has 6 heteroatoms. The molecule has 0 aliphatic carbocycles. The van der Waals surface area contributed by atoms with Gasteiger partial charge in [0, 0.05) is 23.1 Å². The summed E-state index contributed by atoms with van der Waals surface area (Å²) in [6.45, 7) is 3.56. The van der Waals surface area contributed by atoms with Crippen LogP contribution in [-0.4, -0.2) is 22.5 Å². The summed E-state index contributed by atoms with van der Waals surface area (Å²) in [5, 5.41) is 2.59. The lowest BCUT2D eigenvalue weighted by Gasteiger charge is -2.08. The van der Waals surface area contributed by atoms with Crippen molar-refractivity contribution in [3.63, 3.8) is 0 Å². The van der Waals surface area contributed by atoms with E-state index in [1.165, 1.54) is 0 Å². The van der Waals surface area contributed by atoms with Crippen molar-refractivity contribution in [1.29, 1.82) is 0 Å². The lowest BCUT2D eigenvalue weighted by atomic mass is 10.3. The number of rotatable bonds is 4. The molecule has 0 aliphatic heterocycles. The van der Waals surface area contributed by atoms with E-state index in [-0.39, 0.29) is 18.5 Å². The van der Waals surface area contributed by atoms with Crippen LogP contribution in [0.25, 0.3) is 0 Å². The van der Waals surface area contributed by atoms with Crippen molar-refractivity contribution in [2.24, 2.45) is 0 Å². The Morgan fingerprint density at radius 1 is 1.25 bits per heavy atom. The molecule has 0 bridgehead atoms. The third-order valence-corrected chi connectivity index (χ3v) is 2.46. The van der Waals surface area contributed by atoms with Gasteiger partial charge in [0.1, 0.15) is 5.75 Å². The van der Waals surface area contributed by atoms with Crippen molar-refractivity contribution in [3.05, 3.63) is 41.7 Å². The average Bonchev–Trinajstić information content (AvgIpc) is 2.35. The Bertz CT molecular complexity index is 608. The van der Waals surface area contributed by atoms with Crippen LogP contribution in [0.1, 0.15) is 11.4 Å². The molecule has 20 heavy (non-hydrogen) atoms. The topological polar surface area (TPSA) is 90.1 Å². The summed E-state index contributed by atoms with van der Waals surface area (Å²) >= 11 is 0. The number of nitrogens with zero attached hydrogens (tertiary/aromatic N) is 2. The summed E-state index contributed by atoms with van der Waals surface area (Å²) in [5.41, 5.74) is 7.80. The number of carbonyl (C=O) groups excluding carboxylic acids is 1. The van der Waals surface area contributed by atoms with E-state index in [4.69, 9.17) is 10.5 Å². The fraction of sp³-hybridized carbons (Fsp3) is 0.214. The van der Waals surface area contributed by atoms with Crippen LogP contribution in [0, 0.1) is 13.8 Å². The zero-order valence-corrected chi connectivity index (χ0v) is 11.4. The number of hydrogen-bond acceptors (Lipinski definition) is 5. The summed E-state index contributed by atoms with van der Waals surface area (Å²) in [7, 11) is 0. The highest BCUT2D eigenvalue weighted by Crippen LogP contribution is 2.14. The van der Waals surface area contributed by atoms with Crippen molar-refractivity contribution in [2.75, 3.05) is 17.7 Å². The Balaban J connectivity index is 1.92. The lowest BCUT2D eigenvalue weighted by molar-refractivity contribution is -0.118. The second-order valence-corrected chi connectivity index (χ2v) is 4.38. The van der Waals surface area contributed by atoms with Gasteiger partial charge in [0.05, 0.1) is 0 Å². The Morgan fingerprint density at radius 3 is 2.60 bits per heavy atom. The quantitative estimate of drug-likeness (QED) is 0.827. The minimum atomic E-state index is -0.322. The molecule has 1 heterocycles. The third kappa shape index (κ3) is 3.94. The van der Waals surface area contributed by atoms with Crippen molar-refractivity contribution in [2.45, 2.75) is 13.8 Å². The zero-order chi connectivity index (χ0) is 14.5. The van der Waals surface area contributed by atoms with Crippen molar-refractivity contribution in [1.82, 2.24) is 9.97 Å². The van der Waals surface area contributed by atoms with E-state index in [0.717, 1.165) is 11.4 Å².